The third-order valence-corrected chi connectivity index (χ3v) is 5.01. The number of carbonyl (C=O) groups is 1. The summed E-state index contributed by atoms with van der Waals surface area (Å²) in [6.07, 6.45) is 4.68. The SMILES string of the molecule is COc1ccc(CC2CCCN2C(=O)c2cccnc2N(C)C)cc1C. The molecule has 1 aromatic carbocycles. The van der Waals surface area contributed by atoms with Gasteiger partial charge in [0, 0.05) is 32.9 Å². The van der Waals surface area contributed by atoms with Crippen molar-refractivity contribution in [2.24, 2.45) is 0 Å². The largest absolute Gasteiger partial charge is 0.496 e. The topological polar surface area (TPSA) is 45.7 Å². The molecule has 1 unspecified atom stereocenters. The molecule has 3 rings (SSSR count). The van der Waals surface area contributed by atoms with Crippen molar-refractivity contribution in [1.29, 1.82) is 0 Å². The Morgan fingerprint density at radius 2 is 2.15 bits per heavy atom. The number of anilines is 1. The molecule has 1 atom stereocenters. The molecule has 1 aliphatic heterocycles. The minimum Gasteiger partial charge on any atom is -0.496 e. The number of nitrogens with zero attached hydrogens (tertiary/aromatic N) is 3. The van der Waals surface area contributed by atoms with Crippen LogP contribution in [0, 0.1) is 6.92 Å². The van der Waals surface area contributed by atoms with E-state index >= 15 is 0 Å². The van der Waals surface area contributed by atoms with Gasteiger partial charge in [-0.05, 0) is 55.5 Å². The number of hydrogen-bond donors (Lipinski definition) is 0. The van der Waals surface area contributed by atoms with Crippen molar-refractivity contribution in [2.75, 3.05) is 32.6 Å². The van der Waals surface area contributed by atoms with Crippen LogP contribution < -0.4 is 9.64 Å². The molecule has 0 N–H and O–H groups in total. The quantitative estimate of drug-likeness (QED) is 0.827. The second kappa shape index (κ2) is 7.77. The van der Waals surface area contributed by atoms with E-state index in [4.69, 9.17) is 4.74 Å². The van der Waals surface area contributed by atoms with Crippen LogP contribution in [0.25, 0.3) is 0 Å². The van der Waals surface area contributed by atoms with E-state index in [9.17, 15) is 4.79 Å². The highest BCUT2D eigenvalue weighted by molar-refractivity contribution is 5.99. The normalized spacial score (nSPS) is 16.6. The molecule has 2 heterocycles. The van der Waals surface area contributed by atoms with E-state index < -0.39 is 0 Å². The van der Waals surface area contributed by atoms with Gasteiger partial charge in [-0.1, -0.05) is 12.1 Å². The Balaban J connectivity index is 1.80. The van der Waals surface area contributed by atoms with Crippen molar-refractivity contribution in [2.45, 2.75) is 32.2 Å². The lowest BCUT2D eigenvalue weighted by Gasteiger charge is -2.26. The van der Waals surface area contributed by atoms with Crippen LogP contribution >= 0.6 is 0 Å². The number of rotatable bonds is 5. The Morgan fingerprint density at radius 1 is 1.35 bits per heavy atom. The molecule has 0 aliphatic carbocycles. The first-order valence-electron chi connectivity index (χ1n) is 9.08. The van der Waals surface area contributed by atoms with E-state index in [1.54, 1.807) is 13.3 Å². The molecule has 1 aliphatic rings. The standard InChI is InChI=1S/C21H27N3O2/c1-15-13-16(9-10-19(15)26-4)14-17-7-6-12-24(17)21(25)18-8-5-11-22-20(18)23(2)3/h5,8-11,13,17H,6-7,12,14H2,1-4H3. The summed E-state index contributed by atoms with van der Waals surface area (Å²) in [7, 11) is 5.52. The van der Waals surface area contributed by atoms with Crippen molar-refractivity contribution in [3.63, 3.8) is 0 Å². The highest BCUT2D eigenvalue weighted by atomic mass is 16.5. The van der Waals surface area contributed by atoms with Crippen molar-refractivity contribution in [3.8, 4) is 5.75 Å². The van der Waals surface area contributed by atoms with Gasteiger partial charge in [0.05, 0.1) is 12.7 Å². The van der Waals surface area contributed by atoms with Gasteiger partial charge in [0.25, 0.3) is 5.91 Å². The maximum absolute atomic E-state index is 13.2. The van der Waals surface area contributed by atoms with E-state index in [0.717, 1.165) is 42.9 Å². The molecule has 26 heavy (non-hydrogen) atoms. The van der Waals surface area contributed by atoms with Gasteiger partial charge in [-0.3, -0.25) is 4.79 Å². The zero-order valence-corrected chi connectivity index (χ0v) is 16.0. The maximum atomic E-state index is 13.2. The van der Waals surface area contributed by atoms with Gasteiger partial charge in [-0.25, -0.2) is 4.98 Å². The first kappa shape index (κ1) is 18.2. The Morgan fingerprint density at radius 3 is 2.85 bits per heavy atom. The highest BCUT2D eigenvalue weighted by Crippen LogP contribution is 2.27. The molecule has 1 amide bonds. The van der Waals surface area contributed by atoms with Crippen LogP contribution in [0.1, 0.15) is 34.3 Å². The number of ether oxygens (including phenoxy) is 1. The third kappa shape index (κ3) is 3.66. The summed E-state index contributed by atoms with van der Waals surface area (Å²) in [5.74, 6) is 1.71. The molecule has 138 valence electrons. The van der Waals surface area contributed by atoms with Gasteiger partial charge >= 0.3 is 0 Å². The van der Waals surface area contributed by atoms with Gasteiger partial charge in [0.1, 0.15) is 11.6 Å². The second-order valence-corrected chi connectivity index (χ2v) is 7.07. The van der Waals surface area contributed by atoms with Gasteiger partial charge in [-0.15, -0.1) is 0 Å². The van der Waals surface area contributed by atoms with Crippen LogP contribution in [0.4, 0.5) is 5.82 Å². The fraction of sp³-hybridized carbons (Fsp3) is 0.429. The number of benzene rings is 1. The smallest absolute Gasteiger partial charge is 0.257 e. The number of amides is 1. The summed E-state index contributed by atoms with van der Waals surface area (Å²) < 4.78 is 5.35. The molecule has 0 spiro atoms. The number of aromatic nitrogens is 1. The number of pyridine rings is 1. The van der Waals surface area contributed by atoms with Gasteiger partial charge in [0.15, 0.2) is 0 Å². The van der Waals surface area contributed by atoms with Crippen LogP contribution in [-0.2, 0) is 6.42 Å². The Labute approximate surface area is 155 Å². The average molecular weight is 353 g/mol. The van der Waals surface area contributed by atoms with Crippen LogP contribution in [0.3, 0.4) is 0 Å². The summed E-state index contributed by atoms with van der Waals surface area (Å²) in [5.41, 5.74) is 3.05. The minimum absolute atomic E-state index is 0.0783. The molecule has 0 saturated carbocycles. The lowest BCUT2D eigenvalue weighted by Crippen LogP contribution is -2.37. The van der Waals surface area contributed by atoms with Crippen LogP contribution in [0.2, 0.25) is 0 Å². The van der Waals surface area contributed by atoms with E-state index in [0.29, 0.717) is 5.56 Å². The predicted octanol–water partition coefficient (Wildman–Crippen LogP) is 3.31. The van der Waals surface area contributed by atoms with Gasteiger partial charge < -0.3 is 14.5 Å². The number of hydrogen-bond acceptors (Lipinski definition) is 4. The fourth-order valence-corrected chi connectivity index (χ4v) is 3.73. The van der Waals surface area contributed by atoms with Crippen molar-refractivity contribution >= 4 is 11.7 Å². The first-order valence-corrected chi connectivity index (χ1v) is 9.08. The summed E-state index contributed by atoms with van der Waals surface area (Å²) in [5, 5.41) is 0. The van der Waals surface area contributed by atoms with E-state index in [1.165, 1.54) is 5.56 Å². The van der Waals surface area contributed by atoms with Crippen LogP contribution in [0.5, 0.6) is 5.75 Å². The van der Waals surface area contributed by atoms with Gasteiger partial charge in [0.2, 0.25) is 0 Å². The molecule has 0 bridgehead atoms. The molecular formula is C21H27N3O2. The zero-order chi connectivity index (χ0) is 18.7. The average Bonchev–Trinajstić information content (AvgIpc) is 3.09. The zero-order valence-electron chi connectivity index (χ0n) is 16.0. The number of carbonyl (C=O) groups excluding carboxylic acids is 1. The predicted molar refractivity (Wildman–Crippen MR) is 104 cm³/mol. The van der Waals surface area contributed by atoms with Crippen LogP contribution in [0.15, 0.2) is 36.5 Å². The number of aryl methyl sites for hydroxylation is 1. The van der Waals surface area contributed by atoms with Crippen molar-refractivity contribution in [1.82, 2.24) is 9.88 Å². The van der Waals surface area contributed by atoms with Crippen molar-refractivity contribution < 1.29 is 9.53 Å². The summed E-state index contributed by atoms with van der Waals surface area (Å²) in [4.78, 5) is 21.5. The highest BCUT2D eigenvalue weighted by Gasteiger charge is 2.31. The Kier molecular flexibility index (Phi) is 5.45. The lowest BCUT2D eigenvalue weighted by molar-refractivity contribution is 0.0737. The molecule has 5 heteroatoms. The molecule has 1 saturated heterocycles. The summed E-state index contributed by atoms with van der Waals surface area (Å²) in [6.45, 7) is 2.86. The van der Waals surface area contributed by atoms with Gasteiger partial charge in [-0.2, -0.15) is 0 Å². The minimum atomic E-state index is 0.0783. The van der Waals surface area contributed by atoms with E-state index in [-0.39, 0.29) is 11.9 Å². The molecule has 5 nitrogen and oxygen atoms in total. The monoisotopic (exact) mass is 353 g/mol. The molecule has 2 aromatic rings. The Hall–Kier alpha value is -2.56. The second-order valence-electron chi connectivity index (χ2n) is 7.07. The van der Waals surface area contributed by atoms with Crippen molar-refractivity contribution in [3.05, 3.63) is 53.2 Å². The number of likely N-dealkylation sites (tertiary alicyclic amines) is 1. The number of methoxy groups -OCH3 is 1. The maximum Gasteiger partial charge on any atom is 0.257 e. The molecule has 1 fully saturated rings. The van der Waals surface area contributed by atoms with E-state index in [2.05, 4.69) is 24.0 Å². The Bertz CT molecular complexity index is 789. The molecule has 0 radical (unpaired) electrons. The fourth-order valence-electron chi connectivity index (χ4n) is 3.73. The lowest BCUT2D eigenvalue weighted by atomic mass is 10.0. The summed E-state index contributed by atoms with van der Waals surface area (Å²) in [6, 6.07) is 10.2. The van der Waals surface area contributed by atoms with Crippen LogP contribution in [-0.4, -0.2) is 49.6 Å². The molecular weight excluding hydrogens is 326 g/mol. The third-order valence-electron chi connectivity index (χ3n) is 5.01. The molecule has 1 aromatic heterocycles. The van der Waals surface area contributed by atoms with E-state index in [1.807, 2.05) is 42.1 Å². The first-order chi connectivity index (χ1) is 12.5. The summed E-state index contributed by atoms with van der Waals surface area (Å²) >= 11 is 0.